The third-order valence-corrected chi connectivity index (χ3v) is 5.80. The average molecular weight is 393 g/mol. The number of rotatable bonds is 6. The fourth-order valence-corrected chi connectivity index (χ4v) is 4.05. The van der Waals surface area contributed by atoms with Crippen LogP contribution in [0, 0.1) is 13.8 Å². The van der Waals surface area contributed by atoms with Crippen molar-refractivity contribution >= 4 is 11.0 Å². The van der Waals surface area contributed by atoms with E-state index in [0.717, 1.165) is 48.1 Å². The van der Waals surface area contributed by atoms with Crippen LogP contribution in [0.1, 0.15) is 40.7 Å². The van der Waals surface area contributed by atoms with E-state index in [0.29, 0.717) is 29.7 Å². The molecular formula is C24H27NO4. The Bertz CT molecular complexity index is 1070. The van der Waals surface area contributed by atoms with Crippen LogP contribution in [-0.2, 0) is 17.7 Å². The molecule has 1 aliphatic heterocycles. The number of ether oxygens (including phenoxy) is 1. The number of aryl methyl sites for hydroxylation is 2. The Morgan fingerprint density at radius 3 is 2.69 bits per heavy atom. The average Bonchev–Trinajstić information content (AvgIpc) is 3.24. The first kappa shape index (κ1) is 19.7. The van der Waals surface area contributed by atoms with Crippen LogP contribution in [-0.4, -0.2) is 24.4 Å². The molecule has 1 saturated heterocycles. The lowest BCUT2D eigenvalue weighted by molar-refractivity contribution is 0.110. The number of phenolic OH excluding ortho intramolecular Hbond substituents is 1. The van der Waals surface area contributed by atoms with Gasteiger partial charge in [0.1, 0.15) is 11.3 Å². The first-order valence-electron chi connectivity index (χ1n) is 10.2. The molecule has 2 N–H and O–H groups in total. The lowest BCUT2D eigenvalue weighted by Gasteiger charge is -2.15. The van der Waals surface area contributed by atoms with Gasteiger partial charge in [0, 0.05) is 48.2 Å². The number of nitrogens with one attached hydrogen (secondary N) is 1. The van der Waals surface area contributed by atoms with Gasteiger partial charge < -0.3 is 19.6 Å². The molecule has 152 valence electrons. The Labute approximate surface area is 170 Å². The van der Waals surface area contributed by atoms with Crippen molar-refractivity contribution in [2.45, 2.75) is 45.8 Å². The second-order valence-electron chi connectivity index (χ2n) is 7.81. The van der Waals surface area contributed by atoms with E-state index in [1.807, 2.05) is 43.3 Å². The van der Waals surface area contributed by atoms with E-state index < -0.39 is 0 Å². The van der Waals surface area contributed by atoms with Gasteiger partial charge in [0.15, 0.2) is 0 Å². The van der Waals surface area contributed by atoms with Gasteiger partial charge in [0.05, 0.1) is 6.10 Å². The minimum absolute atomic E-state index is 0.177. The van der Waals surface area contributed by atoms with Crippen LogP contribution in [0.3, 0.4) is 0 Å². The van der Waals surface area contributed by atoms with Crippen LogP contribution in [0.5, 0.6) is 5.75 Å². The second kappa shape index (κ2) is 8.39. The normalized spacial score (nSPS) is 16.6. The Hall–Kier alpha value is -2.63. The lowest BCUT2D eigenvalue weighted by Crippen LogP contribution is -2.25. The summed E-state index contributed by atoms with van der Waals surface area (Å²) in [7, 11) is 0. The first-order chi connectivity index (χ1) is 14.0. The quantitative estimate of drug-likeness (QED) is 0.620. The molecule has 0 spiro atoms. The van der Waals surface area contributed by atoms with Gasteiger partial charge in [0.25, 0.3) is 0 Å². The SMILES string of the molecule is Cc1c(Cc2ccccc2)c(=O)oc2c(C)c(O)c(CNC[C@H]3CCCO3)cc12. The Kier molecular flexibility index (Phi) is 5.69. The molecule has 0 amide bonds. The summed E-state index contributed by atoms with van der Waals surface area (Å²) < 4.78 is 11.3. The number of fused-ring (bicyclic) bond motifs is 1. The monoisotopic (exact) mass is 393 g/mol. The largest absolute Gasteiger partial charge is 0.507 e. The molecule has 2 heterocycles. The number of hydrogen-bond donors (Lipinski definition) is 2. The zero-order valence-electron chi connectivity index (χ0n) is 17.0. The third kappa shape index (κ3) is 4.07. The van der Waals surface area contributed by atoms with Gasteiger partial charge in [-0.2, -0.15) is 0 Å². The van der Waals surface area contributed by atoms with Gasteiger partial charge in [-0.3, -0.25) is 0 Å². The van der Waals surface area contributed by atoms with Crippen molar-refractivity contribution in [3.8, 4) is 5.75 Å². The number of aromatic hydroxyl groups is 1. The molecule has 0 saturated carbocycles. The smallest absolute Gasteiger partial charge is 0.340 e. The maximum absolute atomic E-state index is 12.7. The van der Waals surface area contributed by atoms with E-state index >= 15 is 0 Å². The molecule has 1 aromatic heterocycles. The fraction of sp³-hybridized carbons (Fsp3) is 0.375. The molecule has 29 heavy (non-hydrogen) atoms. The predicted molar refractivity (Wildman–Crippen MR) is 114 cm³/mol. The number of hydrogen-bond acceptors (Lipinski definition) is 5. The van der Waals surface area contributed by atoms with Crippen LogP contribution in [0.15, 0.2) is 45.6 Å². The molecule has 1 atom stereocenters. The molecule has 1 fully saturated rings. The van der Waals surface area contributed by atoms with Crippen LogP contribution >= 0.6 is 0 Å². The Morgan fingerprint density at radius 1 is 1.17 bits per heavy atom. The molecule has 0 radical (unpaired) electrons. The van der Waals surface area contributed by atoms with Gasteiger partial charge in [0.2, 0.25) is 0 Å². The van der Waals surface area contributed by atoms with Gasteiger partial charge >= 0.3 is 5.63 Å². The zero-order valence-corrected chi connectivity index (χ0v) is 17.0. The maximum atomic E-state index is 12.7. The summed E-state index contributed by atoms with van der Waals surface area (Å²) in [6.07, 6.45) is 2.95. The van der Waals surface area contributed by atoms with E-state index in [4.69, 9.17) is 9.15 Å². The summed E-state index contributed by atoms with van der Waals surface area (Å²) in [5.74, 6) is 0.177. The molecule has 3 aromatic rings. The Morgan fingerprint density at radius 2 is 1.97 bits per heavy atom. The number of benzene rings is 2. The maximum Gasteiger partial charge on any atom is 0.340 e. The number of phenols is 1. The van der Waals surface area contributed by atoms with Crippen molar-refractivity contribution in [2.24, 2.45) is 0 Å². The summed E-state index contributed by atoms with van der Waals surface area (Å²) in [6.45, 7) is 5.88. The van der Waals surface area contributed by atoms with Gasteiger partial charge in [-0.15, -0.1) is 0 Å². The summed E-state index contributed by atoms with van der Waals surface area (Å²) in [5.41, 5.74) is 4.15. The molecule has 0 bridgehead atoms. The molecule has 0 aliphatic carbocycles. The molecule has 2 aromatic carbocycles. The minimum Gasteiger partial charge on any atom is -0.507 e. The van der Waals surface area contributed by atoms with E-state index in [9.17, 15) is 9.90 Å². The zero-order chi connectivity index (χ0) is 20.4. The van der Waals surface area contributed by atoms with Crippen molar-refractivity contribution in [1.29, 1.82) is 0 Å². The van der Waals surface area contributed by atoms with Gasteiger partial charge in [-0.25, -0.2) is 4.79 Å². The first-order valence-corrected chi connectivity index (χ1v) is 10.2. The van der Waals surface area contributed by atoms with Crippen molar-refractivity contribution < 1.29 is 14.3 Å². The standard InChI is InChI=1S/C24H27NO4/c1-15-20-12-18(13-25-14-19-9-6-10-28-19)22(26)16(2)23(20)29-24(27)21(15)11-17-7-4-3-5-8-17/h3-5,7-8,12,19,25-26H,6,9-11,13-14H2,1-2H3/t19-/m1/s1. The summed E-state index contributed by atoms with van der Waals surface area (Å²) >= 11 is 0. The van der Waals surface area contributed by atoms with Crippen LogP contribution in [0.25, 0.3) is 11.0 Å². The van der Waals surface area contributed by atoms with E-state index in [1.54, 1.807) is 6.92 Å². The van der Waals surface area contributed by atoms with Crippen molar-refractivity contribution in [1.82, 2.24) is 5.32 Å². The molecule has 5 heteroatoms. The summed E-state index contributed by atoms with van der Waals surface area (Å²) in [4.78, 5) is 12.7. The van der Waals surface area contributed by atoms with E-state index in [-0.39, 0.29) is 17.5 Å². The molecule has 5 nitrogen and oxygen atoms in total. The predicted octanol–water partition coefficient (Wildman–Crippen LogP) is 3.97. The van der Waals surface area contributed by atoms with E-state index in [2.05, 4.69) is 5.32 Å². The molecule has 1 aliphatic rings. The van der Waals surface area contributed by atoms with Crippen molar-refractivity contribution in [3.05, 3.63) is 74.6 Å². The highest BCUT2D eigenvalue weighted by Crippen LogP contribution is 2.33. The lowest BCUT2D eigenvalue weighted by atomic mass is 9.96. The van der Waals surface area contributed by atoms with Gasteiger partial charge in [-0.05, 0) is 43.9 Å². The van der Waals surface area contributed by atoms with Crippen LogP contribution < -0.4 is 10.9 Å². The van der Waals surface area contributed by atoms with Crippen molar-refractivity contribution in [2.75, 3.05) is 13.2 Å². The molecular weight excluding hydrogens is 366 g/mol. The summed E-state index contributed by atoms with van der Waals surface area (Å²) in [6, 6.07) is 11.8. The van der Waals surface area contributed by atoms with E-state index in [1.165, 1.54) is 0 Å². The second-order valence-corrected chi connectivity index (χ2v) is 7.81. The Balaban J connectivity index is 1.67. The molecule has 0 unspecified atom stereocenters. The van der Waals surface area contributed by atoms with Crippen LogP contribution in [0.2, 0.25) is 0 Å². The highest BCUT2D eigenvalue weighted by atomic mass is 16.5. The van der Waals surface area contributed by atoms with Gasteiger partial charge in [-0.1, -0.05) is 30.3 Å². The van der Waals surface area contributed by atoms with Crippen LogP contribution in [0.4, 0.5) is 0 Å². The third-order valence-electron chi connectivity index (χ3n) is 5.80. The summed E-state index contributed by atoms with van der Waals surface area (Å²) in [5, 5.41) is 14.9. The minimum atomic E-state index is -0.342. The highest BCUT2D eigenvalue weighted by Gasteiger charge is 2.19. The molecule has 4 rings (SSSR count). The topological polar surface area (TPSA) is 71.7 Å². The van der Waals surface area contributed by atoms with Crippen molar-refractivity contribution in [3.63, 3.8) is 0 Å². The highest BCUT2D eigenvalue weighted by molar-refractivity contribution is 5.86. The fourth-order valence-electron chi connectivity index (χ4n) is 4.05.